The molecular weight excluding hydrogens is 406 g/mol. The summed E-state index contributed by atoms with van der Waals surface area (Å²) in [4.78, 5) is 39.6. The predicted octanol–water partition coefficient (Wildman–Crippen LogP) is 3.76. The van der Waals surface area contributed by atoms with Crippen molar-refractivity contribution >= 4 is 17.6 Å². The molecule has 1 saturated heterocycles. The first-order valence-corrected chi connectivity index (χ1v) is 11.3. The van der Waals surface area contributed by atoms with E-state index in [1.165, 1.54) is 10.6 Å². The summed E-state index contributed by atoms with van der Waals surface area (Å²) in [6.45, 7) is 7.13. The van der Waals surface area contributed by atoms with Crippen LogP contribution in [0.25, 0.3) is 0 Å². The molecule has 0 spiro atoms. The summed E-state index contributed by atoms with van der Waals surface area (Å²) in [5.41, 5.74) is 1.53. The maximum absolute atomic E-state index is 13.3. The van der Waals surface area contributed by atoms with Crippen molar-refractivity contribution in [3.63, 3.8) is 0 Å². The number of carbonyl (C=O) groups excluding carboxylic acids is 1. The number of nitrogens with zero attached hydrogens (tertiary/aromatic N) is 2. The molecule has 0 unspecified atom stereocenters. The molecule has 2 N–H and O–H groups in total. The fourth-order valence-corrected chi connectivity index (χ4v) is 4.42. The summed E-state index contributed by atoms with van der Waals surface area (Å²) < 4.78 is 1.43. The van der Waals surface area contributed by atoms with Crippen LogP contribution in [0.4, 0.5) is 5.69 Å². The summed E-state index contributed by atoms with van der Waals surface area (Å²) in [6, 6.07) is 11.6. The lowest BCUT2D eigenvalue weighted by molar-refractivity contribution is -0.138. The van der Waals surface area contributed by atoms with Crippen LogP contribution in [0.1, 0.15) is 64.1 Å². The third-order valence-corrected chi connectivity index (χ3v) is 6.04. The minimum absolute atomic E-state index is 0.177. The summed E-state index contributed by atoms with van der Waals surface area (Å²) in [6.07, 6.45) is 4.10. The first-order chi connectivity index (χ1) is 15.3. The maximum atomic E-state index is 13.3. The SMILES string of the molecule is CC(C)C[C@H](C(=O)N[C@@H](CC(=O)O)c1cccc(N2CCC[C@@H]2C)c1)n1ccccc1=O. The van der Waals surface area contributed by atoms with Crippen molar-refractivity contribution in [2.24, 2.45) is 5.92 Å². The summed E-state index contributed by atoms with van der Waals surface area (Å²) >= 11 is 0. The first-order valence-electron chi connectivity index (χ1n) is 11.3. The van der Waals surface area contributed by atoms with Crippen LogP contribution in [0, 0.1) is 5.92 Å². The number of pyridine rings is 1. The Labute approximate surface area is 189 Å². The Bertz CT molecular complexity index is 1000. The molecule has 32 heavy (non-hydrogen) atoms. The van der Waals surface area contributed by atoms with Gasteiger partial charge in [0.15, 0.2) is 0 Å². The number of benzene rings is 1. The van der Waals surface area contributed by atoms with Crippen LogP contribution in [0.2, 0.25) is 0 Å². The van der Waals surface area contributed by atoms with Gasteiger partial charge >= 0.3 is 5.97 Å². The van der Waals surface area contributed by atoms with E-state index in [0.29, 0.717) is 12.5 Å². The highest BCUT2D eigenvalue weighted by Crippen LogP contribution is 2.29. The van der Waals surface area contributed by atoms with Gasteiger partial charge in [-0.2, -0.15) is 0 Å². The molecule has 3 atom stereocenters. The van der Waals surface area contributed by atoms with Crippen LogP contribution < -0.4 is 15.8 Å². The Morgan fingerprint density at radius 2 is 1.97 bits per heavy atom. The van der Waals surface area contributed by atoms with Crippen LogP contribution in [0.5, 0.6) is 0 Å². The number of carboxylic acids is 1. The summed E-state index contributed by atoms with van der Waals surface area (Å²) in [7, 11) is 0. The van der Waals surface area contributed by atoms with E-state index in [1.54, 1.807) is 18.3 Å². The average Bonchev–Trinajstić information content (AvgIpc) is 3.17. The largest absolute Gasteiger partial charge is 0.481 e. The number of carbonyl (C=O) groups is 2. The molecule has 2 aromatic rings. The molecule has 0 radical (unpaired) electrons. The molecular formula is C25H33N3O4. The van der Waals surface area contributed by atoms with Gasteiger partial charge in [0.1, 0.15) is 6.04 Å². The van der Waals surface area contributed by atoms with Crippen molar-refractivity contribution in [3.8, 4) is 0 Å². The van der Waals surface area contributed by atoms with Gasteiger partial charge in [-0.05, 0) is 55.9 Å². The van der Waals surface area contributed by atoms with Gasteiger partial charge in [0.25, 0.3) is 5.56 Å². The second-order valence-corrected chi connectivity index (χ2v) is 9.03. The normalized spacial score (nSPS) is 17.9. The van der Waals surface area contributed by atoms with Crippen LogP contribution in [-0.4, -0.2) is 34.1 Å². The summed E-state index contributed by atoms with van der Waals surface area (Å²) in [5, 5.41) is 12.4. The number of carboxylic acid groups (broad SMARTS) is 1. The van der Waals surface area contributed by atoms with Crippen LogP contribution >= 0.6 is 0 Å². The van der Waals surface area contributed by atoms with Crippen LogP contribution in [0.3, 0.4) is 0 Å². The third-order valence-electron chi connectivity index (χ3n) is 6.04. The molecule has 7 nitrogen and oxygen atoms in total. The van der Waals surface area contributed by atoms with E-state index in [1.807, 2.05) is 38.1 Å². The van der Waals surface area contributed by atoms with Gasteiger partial charge in [-0.3, -0.25) is 14.4 Å². The molecule has 172 valence electrons. The van der Waals surface area contributed by atoms with Gasteiger partial charge in [0, 0.05) is 30.5 Å². The predicted molar refractivity (Wildman–Crippen MR) is 125 cm³/mol. The zero-order valence-electron chi connectivity index (χ0n) is 19.0. The fraction of sp³-hybridized carbons (Fsp3) is 0.480. The second-order valence-electron chi connectivity index (χ2n) is 9.03. The lowest BCUT2D eigenvalue weighted by Crippen LogP contribution is -2.40. The quantitative estimate of drug-likeness (QED) is 0.621. The van der Waals surface area contributed by atoms with E-state index < -0.39 is 18.1 Å². The number of hydrogen-bond donors (Lipinski definition) is 2. The van der Waals surface area contributed by atoms with E-state index >= 15 is 0 Å². The highest BCUT2D eigenvalue weighted by Gasteiger charge is 2.27. The Balaban J connectivity index is 1.89. The van der Waals surface area contributed by atoms with Gasteiger partial charge in [0.05, 0.1) is 12.5 Å². The van der Waals surface area contributed by atoms with E-state index in [-0.39, 0.29) is 23.8 Å². The zero-order valence-corrected chi connectivity index (χ0v) is 19.0. The third kappa shape index (κ3) is 5.78. The van der Waals surface area contributed by atoms with Crippen LogP contribution in [0.15, 0.2) is 53.5 Å². The van der Waals surface area contributed by atoms with Crippen molar-refractivity contribution < 1.29 is 14.7 Å². The molecule has 1 aromatic carbocycles. The van der Waals surface area contributed by atoms with Gasteiger partial charge < -0.3 is 19.9 Å². The lowest BCUT2D eigenvalue weighted by Gasteiger charge is -2.27. The Morgan fingerprint density at radius 1 is 1.19 bits per heavy atom. The van der Waals surface area contributed by atoms with Crippen molar-refractivity contribution in [1.82, 2.24) is 9.88 Å². The van der Waals surface area contributed by atoms with E-state index in [0.717, 1.165) is 30.6 Å². The minimum Gasteiger partial charge on any atom is -0.481 e. The highest BCUT2D eigenvalue weighted by atomic mass is 16.4. The molecule has 1 fully saturated rings. The van der Waals surface area contributed by atoms with Gasteiger partial charge in [-0.25, -0.2) is 0 Å². The van der Waals surface area contributed by atoms with E-state index in [4.69, 9.17) is 0 Å². The molecule has 1 amide bonds. The first kappa shape index (κ1) is 23.6. The number of amides is 1. The Morgan fingerprint density at radius 3 is 2.59 bits per heavy atom. The monoisotopic (exact) mass is 439 g/mol. The van der Waals surface area contributed by atoms with Crippen LogP contribution in [-0.2, 0) is 9.59 Å². The molecule has 0 saturated carbocycles. The van der Waals surface area contributed by atoms with Crippen molar-refractivity contribution in [2.45, 2.75) is 64.6 Å². The maximum Gasteiger partial charge on any atom is 0.305 e. The molecule has 2 heterocycles. The average molecular weight is 440 g/mol. The van der Waals surface area contributed by atoms with E-state index in [9.17, 15) is 19.5 Å². The highest BCUT2D eigenvalue weighted by molar-refractivity contribution is 5.81. The molecule has 7 heteroatoms. The van der Waals surface area contributed by atoms with Gasteiger partial charge in [0.2, 0.25) is 5.91 Å². The molecule has 1 aliphatic rings. The molecule has 1 aromatic heterocycles. The molecule has 3 rings (SSSR count). The standard InChI is InChI=1S/C25H33N3O4/c1-17(2)14-22(28-12-5-4-11-23(28)29)25(32)26-21(16-24(30)31)19-9-6-10-20(15-19)27-13-7-8-18(27)3/h4-6,9-12,15,17-18,21-22H,7-8,13-14,16H2,1-3H3,(H,26,32)(H,30,31)/t18-,21-,22+/m0/s1. The minimum atomic E-state index is -0.993. The van der Waals surface area contributed by atoms with Crippen molar-refractivity contribution in [2.75, 3.05) is 11.4 Å². The summed E-state index contributed by atoms with van der Waals surface area (Å²) in [5.74, 6) is -1.17. The second kappa shape index (κ2) is 10.5. The number of hydrogen-bond acceptors (Lipinski definition) is 4. The van der Waals surface area contributed by atoms with Gasteiger partial charge in [-0.1, -0.05) is 32.0 Å². The molecule has 0 aliphatic carbocycles. The Hall–Kier alpha value is -3.09. The topological polar surface area (TPSA) is 91.6 Å². The van der Waals surface area contributed by atoms with E-state index in [2.05, 4.69) is 17.1 Å². The van der Waals surface area contributed by atoms with Crippen molar-refractivity contribution in [3.05, 3.63) is 64.6 Å². The number of nitrogens with one attached hydrogen (secondary N) is 1. The fourth-order valence-electron chi connectivity index (χ4n) is 4.42. The number of aliphatic carboxylic acids is 1. The number of aromatic nitrogens is 1. The zero-order chi connectivity index (χ0) is 23.3. The smallest absolute Gasteiger partial charge is 0.305 e. The lowest BCUT2D eigenvalue weighted by atomic mass is 9.99. The van der Waals surface area contributed by atoms with Crippen molar-refractivity contribution in [1.29, 1.82) is 0 Å². The van der Waals surface area contributed by atoms with Gasteiger partial charge in [-0.15, -0.1) is 0 Å². The molecule has 0 bridgehead atoms. The Kier molecular flexibility index (Phi) is 7.72. The number of rotatable bonds is 9. The molecule has 1 aliphatic heterocycles. The number of anilines is 1.